The number of hydrogen-bond acceptors (Lipinski definition) is 5. The molecule has 7 heteroatoms. The summed E-state index contributed by atoms with van der Waals surface area (Å²) >= 11 is 0. The molecule has 2 rings (SSSR count). The van der Waals surface area contributed by atoms with E-state index in [1.165, 1.54) is 25.1 Å². The van der Waals surface area contributed by atoms with Gasteiger partial charge in [-0.05, 0) is 25.1 Å². The van der Waals surface area contributed by atoms with Gasteiger partial charge in [0.25, 0.3) is 0 Å². The molecule has 0 bridgehead atoms. The molecule has 0 saturated heterocycles. The van der Waals surface area contributed by atoms with E-state index in [-0.39, 0.29) is 5.82 Å². The topological polar surface area (TPSA) is 110 Å². The highest BCUT2D eigenvalue weighted by molar-refractivity contribution is 5.75. The number of aliphatic hydroxyl groups excluding tert-OH is 4. The molecule has 2 unspecified atom stereocenters. The van der Waals surface area contributed by atoms with Crippen LogP contribution in [-0.2, 0) is 0 Å². The Morgan fingerprint density at radius 2 is 1.84 bits per heavy atom. The molecule has 1 heterocycles. The van der Waals surface area contributed by atoms with Crippen molar-refractivity contribution in [1.29, 1.82) is 0 Å². The lowest BCUT2D eigenvalue weighted by atomic mass is 10.0. The summed E-state index contributed by atoms with van der Waals surface area (Å²) in [7, 11) is 0. The molecule has 0 saturated carbocycles. The molecule has 0 fully saturated rings. The third-order valence-electron chi connectivity index (χ3n) is 2.91. The van der Waals surface area contributed by atoms with Crippen molar-refractivity contribution in [2.24, 2.45) is 0 Å². The summed E-state index contributed by atoms with van der Waals surface area (Å²) in [5, 5.41) is 38.2. The number of halogens is 1. The van der Waals surface area contributed by atoms with E-state index in [1.54, 1.807) is 0 Å². The summed E-state index contributed by atoms with van der Waals surface area (Å²) in [5.41, 5.74) is 0.793. The van der Waals surface area contributed by atoms with E-state index in [4.69, 9.17) is 5.11 Å². The molecule has 0 amide bonds. The van der Waals surface area contributed by atoms with Crippen LogP contribution in [0.3, 0.4) is 0 Å². The molecule has 6 nitrogen and oxygen atoms in total. The van der Waals surface area contributed by atoms with E-state index in [0.717, 1.165) is 0 Å². The molecule has 0 aliphatic rings. The molecule has 1 aromatic heterocycles. The van der Waals surface area contributed by atoms with Crippen LogP contribution in [0.4, 0.5) is 4.39 Å². The third-order valence-corrected chi connectivity index (χ3v) is 2.91. The van der Waals surface area contributed by atoms with Crippen molar-refractivity contribution >= 4 is 11.0 Å². The van der Waals surface area contributed by atoms with Gasteiger partial charge in [0.2, 0.25) is 0 Å². The van der Waals surface area contributed by atoms with Crippen molar-refractivity contribution in [3.63, 3.8) is 0 Å². The summed E-state index contributed by atoms with van der Waals surface area (Å²) < 4.78 is 13.0. The second-order valence-electron chi connectivity index (χ2n) is 4.45. The maximum atomic E-state index is 13.0. The van der Waals surface area contributed by atoms with Gasteiger partial charge < -0.3 is 25.4 Å². The highest BCUT2D eigenvalue weighted by atomic mass is 19.1. The van der Waals surface area contributed by atoms with E-state index in [9.17, 15) is 19.7 Å². The molecule has 19 heavy (non-hydrogen) atoms. The van der Waals surface area contributed by atoms with Crippen molar-refractivity contribution in [2.75, 3.05) is 0 Å². The monoisotopic (exact) mass is 270 g/mol. The smallest absolute Gasteiger partial charge is 0.140 e. The average Bonchev–Trinajstić information content (AvgIpc) is 2.78. The lowest BCUT2D eigenvalue weighted by Crippen LogP contribution is -2.39. The number of nitrogens with one attached hydrogen (secondary N) is 1. The van der Waals surface area contributed by atoms with Crippen LogP contribution in [0.2, 0.25) is 0 Å². The van der Waals surface area contributed by atoms with Crippen molar-refractivity contribution in [3.8, 4) is 0 Å². The first kappa shape index (κ1) is 13.9. The van der Waals surface area contributed by atoms with E-state index in [1.807, 2.05) is 0 Å². The zero-order valence-corrected chi connectivity index (χ0v) is 10.2. The molecular formula is C12H15FN2O4. The number of benzene rings is 1. The number of aliphatic hydroxyl groups is 4. The van der Waals surface area contributed by atoms with Gasteiger partial charge in [-0.25, -0.2) is 9.37 Å². The molecule has 1 aromatic carbocycles. The number of aromatic nitrogens is 2. The first-order valence-electron chi connectivity index (χ1n) is 5.77. The van der Waals surface area contributed by atoms with Crippen LogP contribution in [0, 0.1) is 5.82 Å². The molecule has 104 valence electrons. The van der Waals surface area contributed by atoms with Crippen LogP contribution in [-0.4, -0.2) is 48.7 Å². The van der Waals surface area contributed by atoms with Gasteiger partial charge in [-0.2, -0.15) is 0 Å². The summed E-state index contributed by atoms with van der Waals surface area (Å²) in [6.07, 6.45) is -5.84. The minimum Gasteiger partial charge on any atom is -0.391 e. The lowest BCUT2D eigenvalue weighted by molar-refractivity contribution is -0.103. The number of hydrogen-bond donors (Lipinski definition) is 5. The van der Waals surface area contributed by atoms with E-state index in [2.05, 4.69) is 9.97 Å². The maximum Gasteiger partial charge on any atom is 0.140 e. The Morgan fingerprint density at radius 1 is 1.16 bits per heavy atom. The first-order chi connectivity index (χ1) is 8.90. The normalized spacial score (nSPS) is 18.2. The Balaban J connectivity index is 2.28. The largest absolute Gasteiger partial charge is 0.391 e. The van der Waals surface area contributed by atoms with Crippen LogP contribution in [0.15, 0.2) is 18.2 Å². The summed E-state index contributed by atoms with van der Waals surface area (Å²) in [6.45, 7) is 1.29. The number of H-pyrrole nitrogens is 1. The van der Waals surface area contributed by atoms with Crippen molar-refractivity contribution < 1.29 is 24.8 Å². The fourth-order valence-corrected chi connectivity index (χ4v) is 1.78. The van der Waals surface area contributed by atoms with E-state index < -0.39 is 30.2 Å². The van der Waals surface area contributed by atoms with Gasteiger partial charge in [-0.1, -0.05) is 0 Å². The molecule has 2 aromatic rings. The van der Waals surface area contributed by atoms with Crippen LogP contribution in [0.25, 0.3) is 11.0 Å². The Morgan fingerprint density at radius 3 is 2.47 bits per heavy atom. The number of fused-ring (bicyclic) bond motifs is 1. The number of aromatic amines is 1. The number of rotatable bonds is 4. The fraction of sp³-hybridized carbons (Fsp3) is 0.417. The second kappa shape index (κ2) is 5.22. The summed E-state index contributed by atoms with van der Waals surface area (Å²) in [6, 6.07) is 3.85. The molecule has 0 radical (unpaired) electrons. The maximum absolute atomic E-state index is 13.0. The van der Waals surface area contributed by atoms with Gasteiger partial charge in [0, 0.05) is 0 Å². The van der Waals surface area contributed by atoms with Gasteiger partial charge in [-0.3, -0.25) is 0 Å². The van der Waals surface area contributed by atoms with Gasteiger partial charge >= 0.3 is 0 Å². The Bertz CT molecular complexity index is 572. The van der Waals surface area contributed by atoms with Gasteiger partial charge in [-0.15, -0.1) is 0 Å². The van der Waals surface area contributed by atoms with Crippen LogP contribution >= 0.6 is 0 Å². The van der Waals surface area contributed by atoms with Crippen molar-refractivity contribution in [1.82, 2.24) is 9.97 Å². The van der Waals surface area contributed by atoms with Crippen molar-refractivity contribution in [2.45, 2.75) is 31.3 Å². The molecule has 4 atom stereocenters. The summed E-state index contributed by atoms with van der Waals surface area (Å²) in [4.78, 5) is 6.65. The lowest BCUT2D eigenvalue weighted by Gasteiger charge is -2.23. The fourth-order valence-electron chi connectivity index (χ4n) is 1.78. The third kappa shape index (κ3) is 2.74. The van der Waals surface area contributed by atoms with Gasteiger partial charge in [0.1, 0.15) is 30.0 Å². The van der Waals surface area contributed by atoms with Crippen LogP contribution in [0.5, 0.6) is 0 Å². The zero-order valence-electron chi connectivity index (χ0n) is 10.2. The van der Waals surface area contributed by atoms with Gasteiger partial charge in [0.05, 0.1) is 17.1 Å². The minimum atomic E-state index is -1.61. The highest BCUT2D eigenvalue weighted by Crippen LogP contribution is 2.21. The molecular weight excluding hydrogens is 255 g/mol. The van der Waals surface area contributed by atoms with Gasteiger partial charge in [0.15, 0.2) is 0 Å². The Kier molecular flexibility index (Phi) is 3.81. The molecule has 5 N–H and O–H groups in total. The van der Waals surface area contributed by atoms with Crippen molar-refractivity contribution in [3.05, 3.63) is 29.8 Å². The molecule has 0 aliphatic carbocycles. The number of nitrogens with zero attached hydrogens (tertiary/aromatic N) is 1. The van der Waals surface area contributed by atoms with E-state index in [0.29, 0.717) is 11.0 Å². The van der Waals surface area contributed by atoms with E-state index >= 15 is 0 Å². The Labute approximate surface area is 108 Å². The molecule has 0 spiro atoms. The first-order valence-corrected chi connectivity index (χ1v) is 5.77. The predicted octanol–water partition coefficient (Wildman–Crippen LogP) is -0.162. The number of imidazole rings is 1. The second-order valence-corrected chi connectivity index (χ2v) is 4.45. The van der Waals surface area contributed by atoms with Crippen LogP contribution < -0.4 is 0 Å². The zero-order chi connectivity index (χ0) is 14.2. The quantitative estimate of drug-likeness (QED) is 0.530. The van der Waals surface area contributed by atoms with Crippen LogP contribution in [0.1, 0.15) is 18.9 Å². The standard InChI is InChI=1S/C12H15FN2O4/c1-5(16)9(17)10(18)11(19)12-14-7-3-2-6(13)4-8(7)15-12/h2-5,9-11,16-19H,1H3,(H,14,15)/t5?,9-,10+,11?/m1/s1. The SMILES string of the molecule is CC(O)[C@@H](O)[C@H](O)C(O)c1nc2ccc(F)cc2[nH]1. The average molecular weight is 270 g/mol. The predicted molar refractivity (Wildman–Crippen MR) is 64.7 cm³/mol. The molecule has 0 aliphatic heterocycles. The summed E-state index contributed by atoms with van der Waals surface area (Å²) in [5.74, 6) is -0.463. The highest BCUT2D eigenvalue weighted by Gasteiger charge is 2.31. The minimum absolute atomic E-state index is 0.00667. The Hall–Kier alpha value is -1.54.